The number of unbranched alkanes of at least 4 members (excludes halogenated alkanes) is 1. The van der Waals surface area contributed by atoms with Gasteiger partial charge in [-0.1, -0.05) is 13.3 Å². The molecule has 0 fully saturated rings. The van der Waals surface area contributed by atoms with Crippen molar-refractivity contribution in [2.45, 2.75) is 19.8 Å². The second kappa shape index (κ2) is 11.4. The summed E-state index contributed by atoms with van der Waals surface area (Å²) in [6.45, 7) is 4.12. The molecule has 0 aliphatic carbocycles. The van der Waals surface area contributed by atoms with Crippen LogP contribution in [0.1, 0.15) is 19.8 Å². The number of hydrogen-bond acceptors (Lipinski definition) is 5. The number of carbonyl (C=O) groups excluding carboxylic acids is 1. The standard InChI is InChI=1S/C10H21NO4/c1-2-3-6-14-7-8-15-10(13)9-11-4-5-12/h11-12H,2-9H2,1H3. The third-order valence-corrected chi connectivity index (χ3v) is 1.69. The van der Waals surface area contributed by atoms with E-state index in [4.69, 9.17) is 14.6 Å². The fourth-order valence-electron chi connectivity index (χ4n) is 0.883. The van der Waals surface area contributed by atoms with Crippen LogP contribution >= 0.6 is 0 Å². The normalized spacial score (nSPS) is 10.3. The predicted molar refractivity (Wildman–Crippen MR) is 56.6 cm³/mol. The van der Waals surface area contributed by atoms with Crippen LogP contribution in [0.2, 0.25) is 0 Å². The van der Waals surface area contributed by atoms with E-state index in [1.807, 2.05) is 0 Å². The van der Waals surface area contributed by atoms with Crippen LogP contribution in [0.3, 0.4) is 0 Å². The van der Waals surface area contributed by atoms with Gasteiger partial charge in [-0.2, -0.15) is 0 Å². The Kier molecular flexibility index (Phi) is 10.9. The Morgan fingerprint density at radius 1 is 1.33 bits per heavy atom. The highest BCUT2D eigenvalue weighted by Gasteiger charge is 2.00. The molecule has 5 nitrogen and oxygen atoms in total. The van der Waals surface area contributed by atoms with Gasteiger partial charge in [0.2, 0.25) is 0 Å². The molecule has 0 aromatic rings. The second-order valence-corrected chi connectivity index (χ2v) is 3.09. The van der Waals surface area contributed by atoms with Gasteiger partial charge < -0.3 is 19.9 Å². The zero-order chi connectivity index (χ0) is 11.4. The lowest BCUT2D eigenvalue weighted by Gasteiger charge is -2.06. The second-order valence-electron chi connectivity index (χ2n) is 3.09. The van der Waals surface area contributed by atoms with E-state index in [1.165, 1.54) is 0 Å². The minimum atomic E-state index is -0.317. The van der Waals surface area contributed by atoms with E-state index in [0.717, 1.165) is 19.4 Å². The number of esters is 1. The van der Waals surface area contributed by atoms with E-state index in [9.17, 15) is 4.79 Å². The Hall–Kier alpha value is -0.650. The van der Waals surface area contributed by atoms with Crippen molar-refractivity contribution in [3.63, 3.8) is 0 Å². The first-order valence-corrected chi connectivity index (χ1v) is 5.36. The zero-order valence-electron chi connectivity index (χ0n) is 9.33. The monoisotopic (exact) mass is 219 g/mol. The molecule has 0 radical (unpaired) electrons. The van der Waals surface area contributed by atoms with E-state index in [-0.39, 0.29) is 19.1 Å². The Morgan fingerprint density at radius 2 is 2.13 bits per heavy atom. The van der Waals surface area contributed by atoms with E-state index in [0.29, 0.717) is 19.8 Å². The molecular weight excluding hydrogens is 198 g/mol. The summed E-state index contributed by atoms with van der Waals surface area (Å²) in [4.78, 5) is 11.0. The van der Waals surface area contributed by atoms with Gasteiger partial charge in [0.05, 0.1) is 19.8 Å². The van der Waals surface area contributed by atoms with Gasteiger partial charge in [-0.15, -0.1) is 0 Å². The number of nitrogens with one attached hydrogen (secondary N) is 1. The highest BCUT2D eigenvalue weighted by molar-refractivity contribution is 5.71. The van der Waals surface area contributed by atoms with Gasteiger partial charge in [-0.05, 0) is 6.42 Å². The quantitative estimate of drug-likeness (QED) is 0.397. The number of ether oxygens (including phenoxy) is 2. The van der Waals surface area contributed by atoms with Crippen molar-refractivity contribution in [1.82, 2.24) is 5.32 Å². The maximum Gasteiger partial charge on any atom is 0.320 e. The topological polar surface area (TPSA) is 67.8 Å². The van der Waals surface area contributed by atoms with Gasteiger partial charge in [0, 0.05) is 13.2 Å². The lowest BCUT2D eigenvalue weighted by atomic mass is 10.4. The molecule has 0 unspecified atom stereocenters. The minimum Gasteiger partial charge on any atom is -0.462 e. The summed E-state index contributed by atoms with van der Waals surface area (Å²) >= 11 is 0. The van der Waals surface area contributed by atoms with E-state index < -0.39 is 0 Å². The maximum atomic E-state index is 11.0. The van der Waals surface area contributed by atoms with Crippen LogP contribution in [-0.2, 0) is 14.3 Å². The zero-order valence-corrected chi connectivity index (χ0v) is 9.33. The smallest absolute Gasteiger partial charge is 0.320 e. The third-order valence-electron chi connectivity index (χ3n) is 1.69. The fourth-order valence-corrected chi connectivity index (χ4v) is 0.883. The molecule has 0 aliphatic heterocycles. The van der Waals surface area contributed by atoms with Crippen molar-refractivity contribution in [3.8, 4) is 0 Å². The molecule has 5 heteroatoms. The predicted octanol–water partition coefficient (Wildman–Crippen LogP) is -0.0718. The molecule has 0 amide bonds. The molecule has 0 aliphatic rings. The van der Waals surface area contributed by atoms with Crippen LogP contribution in [-0.4, -0.2) is 50.6 Å². The van der Waals surface area contributed by atoms with Gasteiger partial charge in [0.15, 0.2) is 0 Å². The average Bonchev–Trinajstić information content (AvgIpc) is 2.23. The molecule has 0 saturated carbocycles. The Labute approximate surface area is 90.8 Å². The number of aliphatic hydroxyl groups is 1. The average molecular weight is 219 g/mol. The first-order valence-electron chi connectivity index (χ1n) is 5.36. The van der Waals surface area contributed by atoms with Crippen LogP contribution in [0.25, 0.3) is 0 Å². The molecule has 0 bridgehead atoms. The lowest BCUT2D eigenvalue weighted by Crippen LogP contribution is -2.27. The van der Waals surface area contributed by atoms with E-state index >= 15 is 0 Å². The van der Waals surface area contributed by atoms with Gasteiger partial charge in [-0.25, -0.2) is 0 Å². The Morgan fingerprint density at radius 3 is 2.80 bits per heavy atom. The molecule has 0 aromatic heterocycles. The van der Waals surface area contributed by atoms with E-state index in [2.05, 4.69) is 12.2 Å². The number of hydrogen-bond donors (Lipinski definition) is 2. The third kappa shape index (κ3) is 11.3. The molecule has 90 valence electrons. The lowest BCUT2D eigenvalue weighted by molar-refractivity contribution is -0.144. The van der Waals surface area contributed by atoms with Crippen LogP contribution in [0.15, 0.2) is 0 Å². The van der Waals surface area contributed by atoms with Crippen LogP contribution in [0, 0.1) is 0 Å². The number of aliphatic hydroxyl groups excluding tert-OH is 1. The van der Waals surface area contributed by atoms with Crippen molar-refractivity contribution in [2.24, 2.45) is 0 Å². The number of rotatable bonds is 10. The summed E-state index contributed by atoms with van der Waals surface area (Å²) in [6.07, 6.45) is 2.14. The van der Waals surface area contributed by atoms with Crippen LogP contribution in [0.4, 0.5) is 0 Å². The van der Waals surface area contributed by atoms with Crippen molar-refractivity contribution in [1.29, 1.82) is 0 Å². The molecule has 15 heavy (non-hydrogen) atoms. The number of carbonyl (C=O) groups is 1. The highest BCUT2D eigenvalue weighted by atomic mass is 16.6. The molecule has 0 saturated heterocycles. The van der Waals surface area contributed by atoms with Crippen molar-refractivity contribution < 1.29 is 19.4 Å². The Bertz CT molecular complexity index is 152. The van der Waals surface area contributed by atoms with E-state index in [1.54, 1.807) is 0 Å². The fraction of sp³-hybridized carbons (Fsp3) is 0.900. The maximum absolute atomic E-state index is 11.0. The van der Waals surface area contributed by atoms with Gasteiger partial charge >= 0.3 is 5.97 Å². The van der Waals surface area contributed by atoms with Gasteiger partial charge in [-0.3, -0.25) is 4.79 Å². The van der Waals surface area contributed by atoms with Crippen molar-refractivity contribution in [2.75, 3.05) is 39.5 Å². The first-order chi connectivity index (χ1) is 7.31. The molecular formula is C10H21NO4. The molecule has 0 atom stereocenters. The van der Waals surface area contributed by atoms with Crippen LogP contribution in [0.5, 0.6) is 0 Å². The summed E-state index contributed by atoms with van der Waals surface area (Å²) in [5, 5.41) is 11.2. The largest absolute Gasteiger partial charge is 0.462 e. The van der Waals surface area contributed by atoms with Crippen molar-refractivity contribution in [3.05, 3.63) is 0 Å². The molecule has 0 aromatic carbocycles. The summed E-state index contributed by atoms with van der Waals surface area (Å²) in [7, 11) is 0. The SMILES string of the molecule is CCCCOCCOC(=O)CNCCO. The minimum absolute atomic E-state index is 0.0212. The van der Waals surface area contributed by atoms with Gasteiger partial charge in [0.1, 0.15) is 6.61 Å². The van der Waals surface area contributed by atoms with Gasteiger partial charge in [0.25, 0.3) is 0 Å². The molecule has 0 rings (SSSR count). The molecule has 0 heterocycles. The molecule has 0 spiro atoms. The highest BCUT2D eigenvalue weighted by Crippen LogP contribution is 1.87. The van der Waals surface area contributed by atoms with Crippen molar-refractivity contribution >= 4 is 5.97 Å². The summed E-state index contributed by atoms with van der Waals surface area (Å²) in [5.74, 6) is -0.317. The summed E-state index contributed by atoms with van der Waals surface area (Å²) in [6, 6.07) is 0. The summed E-state index contributed by atoms with van der Waals surface area (Å²) in [5.41, 5.74) is 0. The summed E-state index contributed by atoms with van der Waals surface area (Å²) < 4.78 is 10.1. The van der Waals surface area contributed by atoms with Crippen LogP contribution < -0.4 is 5.32 Å². The Balaban J connectivity index is 3.10. The molecule has 2 N–H and O–H groups in total. The first kappa shape index (κ1) is 14.3.